The van der Waals surface area contributed by atoms with Crippen LogP contribution in [-0.2, 0) is 9.59 Å². The predicted octanol–water partition coefficient (Wildman–Crippen LogP) is 4.27. The molecule has 0 N–H and O–H groups in total. The smallest absolute Gasteiger partial charge is 0.270 e. The first-order valence-corrected chi connectivity index (χ1v) is 9.32. The van der Waals surface area contributed by atoms with Crippen LogP contribution >= 0.6 is 35.2 Å². The summed E-state index contributed by atoms with van der Waals surface area (Å²) in [6, 6.07) is 8.75. The summed E-state index contributed by atoms with van der Waals surface area (Å²) in [6.45, 7) is 4.16. The van der Waals surface area contributed by atoms with Crippen LogP contribution in [0.25, 0.3) is 6.08 Å². The van der Waals surface area contributed by atoms with E-state index >= 15 is 0 Å². The van der Waals surface area contributed by atoms with Crippen molar-refractivity contribution in [1.29, 1.82) is 0 Å². The Hall–Kier alpha value is -2.02. The topological polar surface area (TPSA) is 40.6 Å². The summed E-state index contributed by atoms with van der Waals surface area (Å²) in [4.78, 5) is 29.5. The van der Waals surface area contributed by atoms with E-state index in [1.165, 1.54) is 21.1 Å². The maximum Gasteiger partial charge on any atom is 0.270 e. The fourth-order valence-electron chi connectivity index (χ4n) is 2.54. The van der Waals surface area contributed by atoms with Gasteiger partial charge in [0, 0.05) is 16.4 Å². The molecule has 1 aromatic carbocycles. The van der Waals surface area contributed by atoms with Gasteiger partial charge in [-0.2, -0.15) is 0 Å². The number of likely N-dealkylation sites (N-methyl/N-ethyl adjacent to an activating group) is 1. The van der Waals surface area contributed by atoms with Crippen molar-refractivity contribution in [1.82, 2.24) is 4.90 Å². The molecule has 1 aliphatic rings. The van der Waals surface area contributed by atoms with Crippen molar-refractivity contribution in [3.63, 3.8) is 0 Å². The number of hydrogen-bond acceptors (Lipinski definition) is 4. The van der Waals surface area contributed by atoms with Crippen LogP contribution in [0.2, 0.25) is 5.02 Å². The monoisotopic (exact) mass is 390 g/mol. The minimum Gasteiger partial charge on any atom is -0.285 e. The van der Waals surface area contributed by atoms with Gasteiger partial charge < -0.3 is 0 Å². The molecule has 1 saturated heterocycles. The molecule has 2 aromatic rings. The van der Waals surface area contributed by atoms with Crippen LogP contribution in [0.15, 0.2) is 41.3 Å². The summed E-state index contributed by atoms with van der Waals surface area (Å²) in [6.07, 6.45) is 1.65. The van der Waals surface area contributed by atoms with Gasteiger partial charge in [-0.15, -0.1) is 11.3 Å². The minimum absolute atomic E-state index is 0.107. The van der Waals surface area contributed by atoms with Gasteiger partial charge in [0.25, 0.3) is 11.8 Å². The third kappa shape index (κ3) is 3.25. The third-order valence-corrected chi connectivity index (χ3v) is 5.53. The molecule has 0 atom stereocenters. The Morgan fingerprint density at radius 2 is 1.84 bits per heavy atom. The minimum atomic E-state index is -0.421. The van der Waals surface area contributed by atoms with E-state index in [1.54, 1.807) is 30.3 Å². The summed E-state index contributed by atoms with van der Waals surface area (Å²) in [7, 11) is 0. The molecule has 3 rings (SSSR count). The van der Waals surface area contributed by atoms with Crippen molar-refractivity contribution < 1.29 is 9.59 Å². The second-order valence-corrected chi connectivity index (χ2v) is 7.22. The molecular weight excluding hydrogens is 376 g/mol. The van der Waals surface area contributed by atoms with Crippen molar-refractivity contribution in [2.45, 2.75) is 13.8 Å². The Balaban J connectivity index is 2.10. The number of nitrogens with zero attached hydrogens (tertiary/aromatic N) is 2. The molecule has 0 saturated carbocycles. The van der Waals surface area contributed by atoms with E-state index < -0.39 is 5.91 Å². The molecular formula is C18H15ClN2O2S2. The Bertz CT molecular complexity index is 887. The number of rotatable bonds is 3. The molecule has 1 fully saturated rings. The number of thiocarbonyl (C=S) groups is 1. The molecule has 0 radical (unpaired) electrons. The van der Waals surface area contributed by atoms with Crippen molar-refractivity contribution in [2.24, 2.45) is 0 Å². The first kappa shape index (κ1) is 17.8. The van der Waals surface area contributed by atoms with E-state index in [9.17, 15) is 9.59 Å². The van der Waals surface area contributed by atoms with E-state index in [1.807, 2.05) is 25.3 Å². The van der Waals surface area contributed by atoms with Crippen LogP contribution in [-0.4, -0.2) is 28.4 Å². The Labute approximate surface area is 160 Å². The normalized spacial score (nSPS) is 16.9. The molecule has 1 aromatic heterocycles. The molecule has 2 amide bonds. The Morgan fingerprint density at radius 1 is 1.16 bits per heavy atom. The van der Waals surface area contributed by atoms with Crippen LogP contribution in [0.4, 0.5) is 5.69 Å². The van der Waals surface area contributed by atoms with Gasteiger partial charge in [-0.05, 0) is 73.4 Å². The quantitative estimate of drug-likeness (QED) is 0.446. The first-order valence-electron chi connectivity index (χ1n) is 7.65. The summed E-state index contributed by atoms with van der Waals surface area (Å²) >= 11 is 12.8. The number of benzene rings is 1. The van der Waals surface area contributed by atoms with Crippen molar-refractivity contribution in [2.75, 3.05) is 11.4 Å². The van der Waals surface area contributed by atoms with Crippen LogP contribution in [0.1, 0.15) is 17.4 Å². The number of halogens is 1. The second kappa shape index (κ2) is 7.07. The maximum absolute atomic E-state index is 13.0. The van der Waals surface area contributed by atoms with Gasteiger partial charge in [-0.25, -0.2) is 0 Å². The molecule has 0 unspecified atom stereocenters. The molecule has 2 heterocycles. The van der Waals surface area contributed by atoms with Gasteiger partial charge in [0.2, 0.25) is 0 Å². The zero-order valence-electron chi connectivity index (χ0n) is 13.7. The number of anilines is 1. The van der Waals surface area contributed by atoms with E-state index in [4.69, 9.17) is 23.8 Å². The van der Waals surface area contributed by atoms with E-state index in [2.05, 4.69) is 0 Å². The van der Waals surface area contributed by atoms with E-state index in [-0.39, 0.29) is 16.6 Å². The summed E-state index contributed by atoms with van der Waals surface area (Å²) in [5.41, 5.74) is 1.71. The van der Waals surface area contributed by atoms with Crippen LogP contribution in [0.5, 0.6) is 0 Å². The fourth-order valence-corrected chi connectivity index (χ4v) is 3.92. The molecule has 1 aliphatic heterocycles. The SMILES string of the molecule is CCN1C(=O)C(=Cc2sccc2C)C(=O)N(c2ccc(Cl)cc2)C1=S. The number of carbonyl (C=O) groups excluding carboxylic acids is 2. The number of aryl methyl sites for hydroxylation is 1. The van der Waals surface area contributed by atoms with Gasteiger partial charge in [0.15, 0.2) is 5.11 Å². The van der Waals surface area contributed by atoms with Gasteiger partial charge in [0.05, 0.1) is 5.69 Å². The number of carbonyl (C=O) groups is 2. The molecule has 25 heavy (non-hydrogen) atoms. The first-order chi connectivity index (χ1) is 11.9. The molecule has 4 nitrogen and oxygen atoms in total. The summed E-state index contributed by atoms with van der Waals surface area (Å²) in [5, 5.41) is 2.67. The van der Waals surface area contributed by atoms with E-state index in [0.29, 0.717) is 17.3 Å². The highest BCUT2D eigenvalue weighted by Gasteiger charge is 2.39. The third-order valence-electron chi connectivity index (χ3n) is 3.91. The molecule has 0 spiro atoms. The van der Waals surface area contributed by atoms with Gasteiger partial charge >= 0.3 is 0 Å². The van der Waals surface area contributed by atoms with Crippen LogP contribution in [0, 0.1) is 6.92 Å². The summed E-state index contributed by atoms with van der Waals surface area (Å²) in [5.74, 6) is -0.787. The maximum atomic E-state index is 13.0. The average Bonchev–Trinajstić information content (AvgIpc) is 2.99. The lowest BCUT2D eigenvalue weighted by atomic mass is 10.1. The van der Waals surface area contributed by atoms with Crippen molar-refractivity contribution in [3.05, 3.63) is 56.7 Å². The summed E-state index contributed by atoms with van der Waals surface area (Å²) < 4.78 is 0. The Morgan fingerprint density at radius 3 is 2.40 bits per heavy atom. The molecule has 0 aliphatic carbocycles. The highest BCUT2D eigenvalue weighted by Crippen LogP contribution is 2.28. The molecule has 7 heteroatoms. The second-order valence-electron chi connectivity index (χ2n) is 5.47. The van der Waals surface area contributed by atoms with Crippen LogP contribution < -0.4 is 4.90 Å². The van der Waals surface area contributed by atoms with Gasteiger partial charge in [-0.3, -0.25) is 19.4 Å². The van der Waals surface area contributed by atoms with E-state index in [0.717, 1.165) is 10.4 Å². The fraction of sp³-hybridized carbons (Fsp3) is 0.167. The van der Waals surface area contributed by atoms with Crippen LogP contribution in [0.3, 0.4) is 0 Å². The Kier molecular flexibility index (Phi) is 5.03. The van der Waals surface area contributed by atoms with Gasteiger partial charge in [0.1, 0.15) is 5.57 Å². The predicted molar refractivity (Wildman–Crippen MR) is 106 cm³/mol. The zero-order valence-corrected chi connectivity index (χ0v) is 16.0. The highest BCUT2D eigenvalue weighted by atomic mass is 35.5. The zero-order chi connectivity index (χ0) is 18.1. The lowest BCUT2D eigenvalue weighted by Crippen LogP contribution is -2.56. The highest BCUT2D eigenvalue weighted by molar-refractivity contribution is 7.80. The number of hydrogen-bond donors (Lipinski definition) is 0. The van der Waals surface area contributed by atoms with Crippen molar-refractivity contribution in [3.8, 4) is 0 Å². The molecule has 128 valence electrons. The number of thiophene rings is 1. The van der Waals surface area contributed by atoms with Gasteiger partial charge in [-0.1, -0.05) is 11.6 Å². The lowest BCUT2D eigenvalue weighted by Gasteiger charge is -2.36. The standard InChI is InChI=1S/C18H15ClN2O2S2/c1-3-20-16(22)14(10-15-11(2)8-9-25-15)17(23)21(18(20)24)13-6-4-12(19)5-7-13/h4-10H,3H2,1-2H3. The van der Waals surface area contributed by atoms with Crippen molar-refractivity contribution >= 4 is 63.8 Å². The lowest BCUT2D eigenvalue weighted by molar-refractivity contribution is -0.127. The largest absolute Gasteiger partial charge is 0.285 e. The number of amides is 2. The molecule has 0 bridgehead atoms. The average molecular weight is 391 g/mol.